The summed E-state index contributed by atoms with van der Waals surface area (Å²) in [6, 6.07) is 10.1. The molecular formula is C18H23N5O. The van der Waals surface area contributed by atoms with Crippen molar-refractivity contribution in [3.8, 4) is 5.69 Å². The fourth-order valence-electron chi connectivity index (χ4n) is 3.55. The van der Waals surface area contributed by atoms with Crippen LogP contribution in [0.25, 0.3) is 5.69 Å². The molecule has 1 aromatic carbocycles. The standard InChI is InChI=1S/C18H23N5O/c1-2-16-18(24)19-10-11-22(16)12-15-17(13-8-9-13)23(21-20-15)14-6-4-3-5-7-14/h3-7,13,16H,2,8-12H2,1H3,(H,19,24)/t16-/m0/s1. The Kier molecular flexibility index (Phi) is 4.06. The van der Waals surface area contributed by atoms with Gasteiger partial charge in [0.15, 0.2) is 0 Å². The Bertz CT molecular complexity index is 722. The molecule has 1 saturated heterocycles. The highest BCUT2D eigenvalue weighted by molar-refractivity contribution is 5.82. The van der Waals surface area contributed by atoms with Crippen molar-refractivity contribution in [1.29, 1.82) is 0 Å². The summed E-state index contributed by atoms with van der Waals surface area (Å²) >= 11 is 0. The first kappa shape index (κ1) is 15.3. The molecule has 2 fully saturated rings. The molecule has 1 aromatic heterocycles. The third kappa shape index (κ3) is 2.82. The number of rotatable bonds is 5. The highest BCUT2D eigenvalue weighted by Crippen LogP contribution is 2.42. The monoisotopic (exact) mass is 325 g/mol. The van der Waals surface area contributed by atoms with Gasteiger partial charge >= 0.3 is 0 Å². The Labute approximate surface area is 141 Å². The second-order valence-electron chi connectivity index (χ2n) is 6.63. The Morgan fingerprint density at radius 3 is 2.75 bits per heavy atom. The van der Waals surface area contributed by atoms with E-state index in [4.69, 9.17) is 0 Å². The minimum Gasteiger partial charge on any atom is -0.353 e. The molecule has 1 aliphatic carbocycles. The fourth-order valence-corrected chi connectivity index (χ4v) is 3.55. The Hall–Kier alpha value is -2.21. The SMILES string of the molecule is CC[C@H]1C(=O)NCCN1Cc1nnn(-c2ccccc2)c1C1CC1. The van der Waals surface area contributed by atoms with Gasteiger partial charge in [0.2, 0.25) is 5.91 Å². The molecule has 6 heteroatoms. The van der Waals surface area contributed by atoms with E-state index in [9.17, 15) is 4.79 Å². The van der Waals surface area contributed by atoms with Crippen LogP contribution in [-0.4, -0.2) is 44.9 Å². The Morgan fingerprint density at radius 1 is 1.25 bits per heavy atom. The Balaban J connectivity index is 1.64. The van der Waals surface area contributed by atoms with E-state index in [2.05, 4.69) is 39.6 Å². The minimum absolute atomic E-state index is 0.0623. The first-order valence-corrected chi connectivity index (χ1v) is 8.79. The van der Waals surface area contributed by atoms with Gasteiger partial charge in [-0.25, -0.2) is 4.68 Å². The molecule has 1 aliphatic heterocycles. The molecule has 2 aliphatic rings. The lowest BCUT2D eigenvalue weighted by Gasteiger charge is -2.34. The van der Waals surface area contributed by atoms with E-state index in [-0.39, 0.29) is 11.9 Å². The lowest BCUT2D eigenvalue weighted by Crippen LogP contribution is -2.54. The maximum absolute atomic E-state index is 12.1. The summed E-state index contributed by atoms with van der Waals surface area (Å²) in [6.45, 7) is 4.34. The van der Waals surface area contributed by atoms with E-state index in [0.717, 1.165) is 24.3 Å². The van der Waals surface area contributed by atoms with E-state index in [1.807, 2.05) is 22.9 Å². The second-order valence-corrected chi connectivity index (χ2v) is 6.63. The second kappa shape index (κ2) is 6.36. The van der Waals surface area contributed by atoms with Crippen LogP contribution in [0.1, 0.15) is 43.5 Å². The summed E-state index contributed by atoms with van der Waals surface area (Å²) in [6.07, 6.45) is 3.22. The van der Waals surface area contributed by atoms with Gasteiger partial charge in [0.25, 0.3) is 0 Å². The van der Waals surface area contributed by atoms with Crippen molar-refractivity contribution < 1.29 is 4.79 Å². The molecule has 6 nitrogen and oxygen atoms in total. The van der Waals surface area contributed by atoms with Gasteiger partial charge in [0, 0.05) is 25.6 Å². The van der Waals surface area contributed by atoms with Crippen molar-refractivity contribution in [2.45, 2.75) is 44.7 Å². The maximum Gasteiger partial charge on any atom is 0.237 e. The van der Waals surface area contributed by atoms with E-state index in [1.54, 1.807) is 0 Å². The van der Waals surface area contributed by atoms with E-state index < -0.39 is 0 Å². The van der Waals surface area contributed by atoms with Crippen molar-refractivity contribution >= 4 is 5.91 Å². The van der Waals surface area contributed by atoms with Crippen molar-refractivity contribution in [3.05, 3.63) is 41.7 Å². The number of carbonyl (C=O) groups is 1. The molecule has 0 bridgehead atoms. The molecule has 0 unspecified atom stereocenters. The number of piperazine rings is 1. The number of hydrogen-bond acceptors (Lipinski definition) is 4. The molecule has 4 rings (SSSR count). The average Bonchev–Trinajstić information content (AvgIpc) is 3.36. The van der Waals surface area contributed by atoms with Gasteiger partial charge in [0.05, 0.1) is 17.4 Å². The third-order valence-corrected chi connectivity index (χ3v) is 4.92. The topological polar surface area (TPSA) is 63.1 Å². The number of hydrogen-bond donors (Lipinski definition) is 1. The molecule has 0 spiro atoms. The largest absolute Gasteiger partial charge is 0.353 e. The first-order chi connectivity index (χ1) is 11.8. The molecule has 2 heterocycles. The van der Waals surface area contributed by atoms with Crippen LogP contribution in [0, 0.1) is 0 Å². The summed E-state index contributed by atoms with van der Waals surface area (Å²) in [7, 11) is 0. The van der Waals surface area contributed by atoms with Crippen molar-refractivity contribution in [1.82, 2.24) is 25.2 Å². The van der Waals surface area contributed by atoms with Crippen molar-refractivity contribution in [2.24, 2.45) is 0 Å². The van der Waals surface area contributed by atoms with E-state index >= 15 is 0 Å². The molecule has 1 atom stereocenters. The molecular weight excluding hydrogens is 302 g/mol. The van der Waals surface area contributed by atoms with Crippen LogP contribution < -0.4 is 5.32 Å². The van der Waals surface area contributed by atoms with Crippen LogP contribution in [0.5, 0.6) is 0 Å². The summed E-state index contributed by atoms with van der Waals surface area (Å²) in [5.74, 6) is 0.682. The highest BCUT2D eigenvalue weighted by atomic mass is 16.2. The molecule has 0 radical (unpaired) electrons. The number of carbonyl (C=O) groups excluding carboxylic acids is 1. The van der Waals surface area contributed by atoms with Gasteiger partial charge in [-0.1, -0.05) is 30.3 Å². The van der Waals surface area contributed by atoms with Gasteiger partial charge in [-0.2, -0.15) is 0 Å². The Morgan fingerprint density at radius 2 is 2.04 bits per heavy atom. The highest BCUT2D eigenvalue weighted by Gasteiger charge is 2.34. The smallest absolute Gasteiger partial charge is 0.237 e. The number of nitrogens with zero attached hydrogens (tertiary/aromatic N) is 4. The third-order valence-electron chi connectivity index (χ3n) is 4.92. The lowest BCUT2D eigenvalue weighted by molar-refractivity contribution is -0.129. The normalized spacial score (nSPS) is 21.7. The number of benzene rings is 1. The van der Waals surface area contributed by atoms with Crippen LogP contribution in [0.2, 0.25) is 0 Å². The minimum atomic E-state index is -0.0623. The number of para-hydroxylation sites is 1. The maximum atomic E-state index is 12.1. The van der Waals surface area contributed by atoms with Crippen LogP contribution in [0.4, 0.5) is 0 Å². The zero-order chi connectivity index (χ0) is 16.5. The van der Waals surface area contributed by atoms with Gasteiger partial charge in [-0.3, -0.25) is 9.69 Å². The molecule has 1 N–H and O–H groups in total. The van der Waals surface area contributed by atoms with Crippen LogP contribution in [0.3, 0.4) is 0 Å². The molecule has 126 valence electrons. The van der Waals surface area contributed by atoms with Gasteiger partial charge in [-0.05, 0) is 31.4 Å². The quantitative estimate of drug-likeness (QED) is 0.911. The van der Waals surface area contributed by atoms with E-state index in [0.29, 0.717) is 19.0 Å². The van der Waals surface area contributed by atoms with Crippen LogP contribution >= 0.6 is 0 Å². The first-order valence-electron chi connectivity index (χ1n) is 8.79. The lowest BCUT2D eigenvalue weighted by atomic mass is 10.1. The molecule has 2 aromatic rings. The number of aromatic nitrogens is 3. The van der Waals surface area contributed by atoms with Crippen molar-refractivity contribution in [2.75, 3.05) is 13.1 Å². The zero-order valence-electron chi connectivity index (χ0n) is 14.0. The van der Waals surface area contributed by atoms with Gasteiger partial charge in [-0.15, -0.1) is 5.10 Å². The van der Waals surface area contributed by atoms with Crippen LogP contribution in [-0.2, 0) is 11.3 Å². The van der Waals surface area contributed by atoms with E-state index in [1.165, 1.54) is 18.5 Å². The number of nitrogens with one attached hydrogen (secondary N) is 1. The zero-order valence-corrected chi connectivity index (χ0v) is 14.0. The predicted molar refractivity (Wildman–Crippen MR) is 90.8 cm³/mol. The van der Waals surface area contributed by atoms with Gasteiger partial charge < -0.3 is 5.32 Å². The molecule has 1 saturated carbocycles. The summed E-state index contributed by atoms with van der Waals surface area (Å²) in [4.78, 5) is 14.3. The molecule has 1 amide bonds. The molecule has 24 heavy (non-hydrogen) atoms. The summed E-state index contributed by atoms with van der Waals surface area (Å²) in [5.41, 5.74) is 3.30. The van der Waals surface area contributed by atoms with Crippen LogP contribution in [0.15, 0.2) is 30.3 Å². The van der Waals surface area contributed by atoms with Crippen molar-refractivity contribution in [3.63, 3.8) is 0 Å². The number of amides is 1. The predicted octanol–water partition coefficient (Wildman–Crippen LogP) is 1.86. The summed E-state index contributed by atoms with van der Waals surface area (Å²) < 4.78 is 1.98. The van der Waals surface area contributed by atoms with Gasteiger partial charge in [0.1, 0.15) is 5.69 Å². The summed E-state index contributed by atoms with van der Waals surface area (Å²) in [5, 5.41) is 11.9. The fraction of sp³-hybridized carbons (Fsp3) is 0.500. The average molecular weight is 325 g/mol.